The van der Waals surface area contributed by atoms with Crippen molar-refractivity contribution in [3.05, 3.63) is 17.6 Å². The Kier molecular flexibility index (Phi) is 3.62. The molecule has 0 spiro atoms. The van der Waals surface area contributed by atoms with Crippen LogP contribution >= 0.6 is 0 Å². The Morgan fingerprint density at radius 1 is 1.29 bits per heavy atom. The van der Waals surface area contributed by atoms with E-state index in [1.807, 2.05) is 20.0 Å². The van der Waals surface area contributed by atoms with Crippen molar-refractivity contribution in [2.24, 2.45) is 5.73 Å². The molecule has 1 fully saturated rings. The summed E-state index contributed by atoms with van der Waals surface area (Å²) in [5, 5.41) is 0. The number of hydrogen-bond acceptors (Lipinski definition) is 4. The number of anilines is 1. The minimum absolute atomic E-state index is 0.260. The van der Waals surface area contributed by atoms with Gasteiger partial charge in [0, 0.05) is 25.3 Å². The molecule has 1 saturated carbocycles. The summed E-state index contributed by atoms with van der Waals surface area (Å²) in [6.45, 7) is 3.98. The molecule has 1 aliphatic rings. The van der Waals surface area contributed by atoms with Crippen molar-refractivity contribution in [1.29, 1.82) is 0 Å². The summed E-state index contributed by atoms with van der Waals surface area (Å²) in [6, 6.07) is 0.661. The number of hydrogen-bond donors (Lipinski definition) is 1. The molecule has 2 atom stereocenters. The first-order chi connectivity index (χ1) is 8.09. The van der Waals surface area contributed by atoms with Crippen LogP contribution in [0.3, 0.4) is 0 Å². The highest BCUT2D eigenvalue weighted by atomic mass is 15.2. The van der Waals surface area contributed by atoms with E-state index < -0.39 is 0 Å². The SMILES string of the molecule is Cc1cnc(C)c(N(C)C2CCCCC2N)n1. The number of likely N-dealkylation sites (N-methyl/N-ethyl adjacent to an activating group) is 1. The van der Waals surface area contributed by atoms with E-state index in [9.17, 15) is 0 Å². The standard InChI is InChI=1S/C13H22N4/c1-9-8-15-10(2)13(16-9)17(3)12-7-5-4-6-11(12)14/h8,11-12H,4-7,14H2,1-3H3. The van der Waals surface area contributed by atoms with Crippen molar-refractivity contribution in [3.63, 3.8) is 0 Å². The van der Waals surface area contributed by atoms with Crippen LogP contribution in [0.25, 0.3) is 0 Å². The van der Waals surface area contributed by atoms with Gasteiger partial charge in [-0.05, 0) is 26.7 Å². The Bertz CT molecular complexity index is 391. The number of aryl methyl sites for hydroxylation is 2. The van der Waals surface area contributed by atoms with Crippen LogP contribution in [0.4, 0.5) is 5.82 Å². The molecule has 0 bridgehead atoms. The van der Waals surface area contributed by atoms with Crippen molar-refractivity contribution >= 4 is 5.82 Å². The van der Waals surface area contributed by atoms with Gasteiger partial charge in [0.05, 0.1) is 11.4 Å². The predicted molar refractivity (Wildman–Crippen MR) is 70.1 cm³/mol. The third kappa shape index (κ3) is 2.57. The summed E-state index contributed by atoms with van der Waals surface area (Å²) in [6.07, 6.45) is 6.61. The van der Waals surface area contributed by atoms with E-state index in [1.165, 1.54) is 12.8 Å². The zero-order valence-corrected chi connectivity index (χ0v) is 11.0. The van der Waals surface area contributed by atoms with Gasteiger partial charge in [0.1, 0.15) is 5.82 Å². The quantitative estimate of drug-likeness (QED) is 0.847. The van der Waals surface area contributed by atoms with Crippen LogP contribution in [0.15, 0.2) is 6.20 Å². The van der Waals surface area contributed by atoms with Gasteiger partial charge in [-0.1, -0.05) is 12.8 Å². The first-order valence-corrected chi connectivity index (χ1v) is 6.38. The fraction of sp³-hybridized carbons (Fsp3) is 0.692. The van der Waals surface area contributed by atoms with Gasteiger partial charge in [0.15, 0.2) is 0 Å². The molecule has 1 heterocycles. The van der Waals surface area contributed by atoms with Gasteiger partial charge in [0.25, 0.3) is 0 Å². The fourth-order valence-electron chi connectivity index (χ4n) is 2.64. The molecular weight excluding hydrogens is 212 g/mol. The van der Waals surface area contributed by atoms with Gasteiger partial charge in [-0.3, -0.25) is 4.98 Å². The molecule has 4 nitrogen and oxygen atoms in total. The monoisotopic (exact) mass is 234 g/mol. The molecule has 0 radical (unpaired) electrons. The van der Waals surface area contributed by atoms with Crippen LogP contribution in [0, 0.1) is 13.8 Å². The predicted octanol–water partition coefficient (Wildman–Crippen LogP) is 1.80. The summed E-state index contributed by atoms with van der Waals surface area (Å²) in [5.74, 6) is 0.979. The second-order valence-corrected chi connectivity index (χ2v) is 5.05. The van der Waals surface area contributed by atoms with Gasteiger partial charge >= 0.3 is 0 Å². The van der Waals surface area contributed by atoms with Crippen LogP contribution in [-0.4, -0.2) is 29.1 Å². The Balaban J connectivity index is 2.23. The Labute approximate surface area is 103 Å². The molecule has 1 aromatic rings. The summed E-state index contributed by atoms with van der Waals surface area (Å²) in [5.41, 5.74) is 8.16. The zero-order valence-electron chi connectivity index (χ0n) is 11.0. The van der Waals surface area contributed by atoms with E-state index in [4.69, 9.17) is 5.73 Å². The summed E-state index contributed by atoms with van der Waals surface area (Å²) in [4.78, 5) is 11.2. The third-order valence-corrected chi connectivity index (χ3v) is 3.66. The zero-order chi connectivity index (χ0) is 12.4. The van der Waals surface area contributed by atoms with Crippen molar-refractivity contribution in [3.8, 4) is 0 Å². The van der Waals surface area contributed by atoms with E-state index in [0.717, 1.165) is 30.0 Å². The van der Waals surface area contributed by atoms with E-state index >= 15 is 0 Å². The lowest BCUT2D eigenvalue weighted by Crippen LogP contribution is -2.48. The molecule has 2 rings (SSSR count). The first kappa shape index (κ1) is 12.3. The number of rotatable bonds is 2. The van der Waals surface area contributed by atoms with Gasteiger partial charge in [-0.15, -0.1) is 0 Å². The van der Waals surface area contributed by atoms with Crippen LogP contribution < -0.4 is 10.6 Å². The highest BCUT2D eigenvalue weighted by Gasteiger charge is 2.27. The second kappa shape index (κ2) is 5.00. The molecule has 0 aliphatic heterocycles. The number of nitrogens with zero attached hydrogens (tertiary/aromatic N) is 3. The maximum Gasteiger partial charge on any atom is 0.150 e. The average Bonchev–Trinajstić information content (AvgIpc) is 2.32. The molecule has 1 aromatic heterocycles. The second-order valence-electron chi connectivity index (χ2n) is 5.05. The largest absolute Gasteiger partial charge is 0.354 e. The van der Waals surface area contributed by atoms with Crippen LogP contribution in [0.1, 0.15) is 37.1 Å². The average molecular weight is 234 g/mol. The minimum atomic E-state index is 0.260. The highest BCUT2D eigenvalue weighted by molar-refractivity contribution is 5.44. The molecule has 4 heteroatoms. The summed E-state index contributed by atoms with van der Waals surface area (Å²) in [7, 11) is 2.09. The van der Waals surface area contributed by atoms with Crippen LogP contribution in [-0.2, 0) is 0 Å². The molecule has 0 aromatic carbocycles. The van der Waals surface area contributed by atoms with E-state index in [1.54, 1.807) is 0 Å². The number of nitrogens with two attached hydrogens (primary N) is 1. The minimum Gasteiger partial charge on any atom is -0.354 e. The van der Waals surface area contributed by atoms with Crippen molar-refractivity contribution < 1.29 is 0 Å². The van der Waals surface area contributed by atoms with Gasteiger partial charge < -0.3 is 10.6 Å². The molecular formula is C13H22N4. The fourth-order valence-corrected chi connectivity index (χ4v) is 2.64. The topological polar surface area (TPSA) is 55.0 Å². The summed E-state index contributed by atoms with van der Waals surface area (Å²) >= 11 is 0. The summed E-state index contributed by atoms with van der Waals surface area (Å²) < 4.78 is 0. The molecule has 2 N–H and O–H groups in total. The van der Waals surface area contributed by atoms with Crippen molar-refractivity contribution in [2.75, 3.05) is 11.9 Å². The van der Waals surface area contributed by atoms with E-state index in [-0.39, 0.29) is 6.04 Å². The van der Waals surface area contributed by atoms with Gasteiger partial charge in [0.2, 0.25) is 0 Å². The maximum absolute atomic E-state index is 6.22. The highest BCUT2D eigenvalue weighted by Crippen LogP contribution is 2.25. The Morgan fingerprint density at radius 3 is 2.71 bits per heavy atom. The van der Waals surface area contributed by atoms with Crippen LogP contribution in [0.5, 0.6) is 0 Å². The molecule has 17 heavy (non-hydrogen) atoms. The first-order valence-electron chi connectivity index (χ1n) is 6.38. The normalized spacial score (nSPS) is 24.7. The van der Waals surface area contributed by atoms with E-state index in [2.05, 4.69) is 21.9 Å². The molecule has 2 unspecified atom stereocenters. The van der Waals surface area contributed by atoms with E-state index in [0.29, 0.717) is 6.04 Å². The Hall–Kier alpha value is -1.16. The number of aromatic nitrogens is 2. The molecule has 1 aliphatic carbocycles. The van der Waals surface area contributed by atoms with Gasteiger partial charge in [-0.2, -0.15) is 0 Å². The molecule has 0 saturated heterocycles. The van der Waals surface area contributed by atoms with Gasteiger partial charge in [-0.25, -0.2) is 4.98 Å². The lowest BCUT2D eigenvalue weighted by atomic mass is 9.90. The van der Waals surface area contributed by atoms with Crippen molar-refractivity contribution in [1.82, 2.24) is 9.97 Å². The Morgan fingerprint density at radius 2 is 2.00 bits per heavy atom. The lowest BCUT2D eigenvalue weighted by molar-refractivity contribution is 0.372. The maximum atomic E-state index is 6.22. The third-order valence-electron chi connectivity index (χ3n) is 3.66. The molecule has 94 valence electrons. The smallest absolute Gasteiger partial charge is 0.150 e. The lowest BCUT2D eigenvalue weighted by Gasteiger charge is -2.37. The van der Waals surface area contributed by atoms with Crippen molar-refractivity contribution in [2.45, 2.75) is 51.6 Å². The molecule has 0 amide bonds. The van der Waals surface area contributed by atoms with Crippen LogP contribution in [0.2, 0.25) is 0 Å².